The molecule has 0 unspecified atom stereocenters. The number of carbonyl (C=O) groups is 2. The molecule has 0 radical (unpaired) electrons. The molecule has 0 saturated carbocycles. The minimum absolute atomic E-state index is 0.0803. The molecule has 4 rings (SSSR count). The highest BCUT2D eigenvalue weighted by Gasteiger charge is 2.38. The van der Waals surface area contributed by atoms with E-state index in [0.29, 0.717) is 50.9 Å². The first-order valence-electron chi connectivity index (χ1n) is 10.0. The van der Waals surface area contributed by atoms with Gasteiger partial charge in [-0.1, -0.05) is 13.0 Å². The molecule has 1 aromatic rings. The Labute approximate surface area is 171 Å². The van der Waals surface area contributed by atoms with Crippen molar-refractivity contribution in [2.45, 2.75) is 51.2 Å². The summed E-state index contributed by atoms with van der Waals surface area (Å²) >= 11 is 0. The van der Waals surface area contributed by atoms with Gasteiger partial charge in [-0.3, -0.25) is 14.6 Å². The van der Waals surface area contributed by atoms with Gasteiger partial charge in [-0.05, 0) is 30.9 Å². The predicted octanol–water partition coefficient (Wildman–Crippen LogP) is 0.682. The largest absolute Gasteiger partial charge is 0.351 e. The Hall–Kier alpha value is -2.26. The van der Waals surface area contributed by atoms with Crippen molar-refractivity contribution >= 4 is 27.4 Å². The van der Waals surface area contributed by atoms with E-state index in [1.165, 1.54) is 10.6 Å². The van der Waals surface area contributed by atoms with Crippen molar-refractivity contribution in [3.8, 4) is 0 Å². The third-order valence-electron chi connectivity index (χ3n) is 6.05. The van der Waals surface area contributed by atoms with Crippen LogP contribution in [0.3, 0.4) is 0 Å². The fraction of sp³-hybridized carbons (Fsp3) is 0.550. The summed E-state index contributed by atoms with van der Waals surface area (Å²) in [5, 5.41) is 3.04. The maximum absolute atomic E-state index is 13.1. The van der Waals surface area contributed by atoms with Crippen molar-refractivity contribution in [2.24, 2.45) is 0 Å². The van der Waals surface area contributed by atoms with Crippen molar-refractivity contribution in [3.63, 3.8) is 0 Å². The molecule has 2 aliphatic heterocycles. The van der Waals surface area contributed by atoms with E-state index in [-0.39, 0.29) is 17.9 Å². The van der Waals surface area contributed by atoms with Crippen LogP contribution in [0.4, 0.5) is 0 Å². The number of aromatic nitrogens is 1. The number of rotatable bonds is 5. The Morgan fingerprint density at radius 1 is 1.34 bits per heavy atom. The maximum atomic E-state index is 13.1. The summed E-state index contributed by atoms with van der Waals surface area (Å²) in [6.45, 7) is 3.11. The van der Waals surface area contributed by atoms with Gasteiger partial charge < -0.3 is 10.2 Å². The van der Waals surface area contributed by atoms with Crippen LogP contribution in [0, 0.1) is 0 Å². The monoisotopic (exact) mass is 418 g/mol. The Kier molecular flexibility index (Phi) is 5.20. The number of sulfonamides is 1. The first kappa shape index (κ1) is 20.0. The molecule has 1 fully saturated rings. The molecule has 0 aromatic carbocycles. The fourth-order valence-electron chi connectivity index (χ4n) is 4.50. The van der Waals surface area contributed by atoms with E-state index >= 15 is 0 Å². The number of nitrogens with zero attached hydrogens (tertiary/aromatic N) is 3. The standard InChI is InChI=1S/C20H26N4O4S/c1-3-17(19(25)22-14-7-10-23(11-8-14)29(2,27)28)24-12-13-6-9-21-16-5-4-15(18(13)16)20(24)26/h4,6,9,14,17H,3,5,7-8,10-12H2,1-2H3,(H,22,25)/t17-/m1/s1. The molecule has 1 aliphatic carbocycles. The number of nitrogens with one attached hydrogen (secondary N) is 1. The van der Waals surface area contributed by atoms with Gasteiger partial charge in [0.2, 0.25) is 15.9 Å². The highest BCUT2D eigenvalue weighted by atomic mass is 32.2. The minimum atomic E-state index is -3.20. The van der Waals surface area contributed by atoms with Gasteiger partial charge in [-0.25, -0.2) is 12.7 Å². The molecule has 9 heteroatoms. The lowest BCUT2D eigenvalue weighted by Crippen LogP contribution is -2.54. The van der Waals surface area contributed by atoms with E-state index in [4.69, 9.17) is 0 Å². The third-order valence-corrected chi connectivity index (χ3v) is 7.35. The van der Waals surface area contributed by atoms with E-state index in [1.54, 1.807) is 11.1 Å². The molecule has 8 nitrogen and oxygen atoms in total. The van der Waals surface area contributed by atoms with Crippen LogP contribution in [0.1, 0.15) is 43.0 Å². The van der Waals surface area contributed by atoms with Crippen LogP contribution < -0.4 is 5.32 Å². The molecule has 3 heterocycles. The van der Waals surface area contributed by atoms with Crippen LogP contribution in [-0.4, -0.2) is 65.9 Å². The second kappa shape index (κ2) is 7.53. The van der Waals surface area contributed by atoms with Gasteiger partial charge >= 0.3 is 0 Å². The van der Waals surface area contributed by atoms with Gasteiger partial charge in [0.15, 0.2) is 0 Å². The summed E-state index contributed by atoms with van der Waals surface area (Å²) in [4.78, 5) is 32.1. The summed E-state index contributed by atoms with van der Waals surface area (Å²) < 4.78 is 24.8. The lowest BCUT2D eigenvalue weighted by atomic mass is 9.95. The summed E-state index contributed by atoms with van der Waals surface area (Å²) in [6.07, 6.45) is 7.19. The van der Waals surface area contributed by atoms with E-state index in [2.05, 4.69) is 10.3 Å². The van der Waals surface area contributed by atoms with Gasteiger partial charge in [0, 0.05) is 49.4 Å². The molecule has 3 aliphatic rings. The number of piperidine rings is 1. The Morgan fingerprint density at radius 3 is 2.72 bits per heavy atom. The zero-order chi connectivity index (χ0) is 20.8. The highest BCUT2D eigenvalue weighted by molar-refractivity contribution is 7.88. The Bertz CT molecular complexity index is 980. The summed E-state index contributed by atoms with van der Waals surface area (Å²) in [5.74, 6) is -0.284. The molecule has 0 spiro atoms. The topological polar surface area (TPSA) is 99.7 Å². The second-order valence-corrected chi connectivity index (χ2v) is 9.90. The molecule has 0 bridgehead atoms. The van der Waals surface area contributed by atoms with Crippen LogP contribution >= 0.6 is 0 Å². The Balaban J connectivity index is 1.46. The molecule has 2 amide bonds. The summed E-state index contributed by atoms with van der Waals surface area (Å²) in [5.41, 5.74) is 3.56. The average Bonchev–Trinajstić information content (AvgIpc) is 3.12. The molecule has 1 saturated heterocycles. The van der Waals surface area contributed by atoms with Crippen LogP contribution in [0.25, 0.3) is 5.57 Å². The smallest absolute Gasteiger partial charge is 0.255 e. The van der Waals surface area contributed by atoms with E-state index in [1.807, 2.05) is 19.1 Å². The quantitative estimate of drug-likeness (QED) is 0.758. The number of amides is 2. The predicted molar refractivity (Wildman–Crippen MR) is 108 cm³/mol. The molecule has 1 aromatic heterocycles. The van der Waals surface area contributed by atoms with Crippen LogP contribution in [0.15, 0.2) is 18.3 Å². The van der Waals surface area contributed by atoms with Crippen LogP contribution in [0.2, 0.25) is 0 Å². The fourth-order valence-corrected chi connectivity index (χ4v) is 5.37. The number of allylic oxidation sites excluding steroid dienone is 1. The first-order valence-corrected chi connectivity index (χ1v) is 11.9. The lowest BCUT2D eigenvalue weighted by Gasteiger charge is -2.36. The SMILES string of the molecule is CC[C@H](C(=O)NC1CCN(S(C)(=O)=O)CC1)N1Cc2ccnc3c2C(=CC3)C1=O. The zero-order valence-corrected chi connectivity index (χ0v) is 17.5. The van der Waals surface area contributed by atoms with Crippen molar-refractivity contribution in [2.75, 3.05) is 19.3 Å². The third kappa shape index (κ3) is 3.69. The molecule has 156 valence electrons. The minimum Gasteiger partial charge on any atom is -0.351 e. The normalized spacial score (nSPS) is 21.0. The molecular weight excluding hydrogens is 392 g/mol. The molecule has 1 atom stereocenters. The van der Waals surface area contributed by atoms with Crippen molar-refractivity contribution in [1.29, 1.82) is 0 Å². The van der Waals surface area contributed by atoms with Gasteiger partial charge in [0.05, 0.1) is 11.9 Å². The maximum Gasteiger partial charge on any atom is 0.255 e. The highest BCUT2D eigenvalue weighted by Crippen LogP contribution is 2.36. The van der Waals surface area contributed by atoms with Crippen molar-refractivity contribution < 1.29 is 18.0 Å². The zero-order valence-electron chi connectivity index (χ0n) is 16.7. The molecule has 1 N–H and O–H groups in total. The average molecular weight is 419 g/mol. The first-order chi connectivity index (χ1) is 13.8. The number of hydrogen-bond donors (Lipinski definition) is 1. The summed E-state index contributed by atoms with van der Waals surface area (Å²) in [6, 6.07) is 1.29. The second-order valence-electron chi connectivity index (χ2n) is 7.92. The van der Waals surface area contributed by atoms with Crippen molar-refractivity contribution in [1.82, 2.24) is 19.5 Å². The molecule has 29 heavy (non-hydrogen) atoms. The molecular formula is C20H26N4O4S. The van der Waals surface area contributed by atoms with Gasteiger partial charge in [0.1, 0.15) is 6.04 Å². The van der Waals surface area contributed by atoms with Gasteiger partial charge in [-0.15, -0.1) is 0 Å². The van der Waals surface area contributed by atoms with Crippen LogP contribution in [-0.2, 0) is 32.6 Å². The van der Waals surface area contributed by atoms with E-state index in [0.717, 1.165) is 16.8 Å². The number of pyridine rings is 1. The summed E-state index contributed by atoms with van der Waals surface area (Å²) in [7, 11) is -3.20. The van der Waals surface area contributed by atoms with E-state index < -0.39 is 16.1 Å². The van der Waals surface area contributed by atoms with Gasteiger partial charge in [0.25, 0.3) is 5.91 Å². The van der Waals surface area contributed by atoms with E-state index in [9.17, 15) is 18.0 Å². The number of hydrogen-bond acceptors (Lipinski definition) is 5. The lowest BCUT2D eigenvalue weighted by molar-refractivity contribution is -0.138. The van der Waals surface area contributed by atoms with Crippen LogP contribution in [0.5, 0.6) is 0 Å². The van der Waals surface area contributed by atoms with Crippen molar-refractivity contribution in [3.05, 3.63) is 35.2 Å². The Morgan fingerprint density at radius 2 is 2.07 bits per heavy atom. The number of carbonyl (C=O) groups excluding carboxylic acids is 2. The van der Waals surface area contributed by atoms with Gasteiger partial charge in [-0.2, -0.15) is 0 Å².